The fourth-order valence-electron chi connectivity index (χ4n) is 3.58. The number of benzene rings is 2. The minimum Gasteiger partial charge on any atom is -0.365 e. The van der Waals surface area contributed by atoms with Gasteiger partial charge in [-0.05, 0) is 25.0 Å². The van der Waals surface area contributed by atoms with Crippen molar-refractivity contribution < 1.29 is 9.26 Å². The van der Waals surface area contributed by atoms with Crippen LogP contribution in [0.5, 0.6) is 0 Å². The topological polar surface area (TPSA) is 78.9 Å². The lowest BCUT2D eigenvalue weighted by molar-refractivity contribution is -0.00153. The van der Waals surface area contributed by atoms with Crippen LogP contribution in [0, 0.1) is 13.8 Å². The highest BCUT2D eigenvalue weighted by atomic mass is 16.5. The molecule has 2 aromatic carbocycles. The molecule has 0 radical (unpaired) electrons. The molecule has 1 aliphatic rings. The average molecular weight is 373 g/mol. The standard InChI is InChI=1S/C21H19N5O2/c1-13-8-9-16(14(2)10-13)18-11-26-17(12-27-18)19(23-25-26)21-22-20(24-28-21)15-6-4-3-5-7-15/h3-10,18H,11-12H2,1-2H3/t18-/m0/s1. The number of aryl methyl sites for hydroxylation is 2. The molecule has 0 bridgehead atoms. The highest BCUT2D eigenvalue weighted by molar-refractivity contribution is 5.58. The highest BCUT2D eigenvalue weighted by Crippen LogP contribution is 2.32. The molecule has 0 saturated carbocycles. The van der Waals surface area contributed by atoms with Crippen molar-refractivity contribution in [2.24, 2.45) is 0 Å². The molecule has 2 aromatic heterocycles. The van der Waals surface area contributed by atoms with Gasteiger partial charge in [0, 0.05) is 5.56 Å². The van der Waals surface area contributed by atoms with E-state index < -0.39 is 0 Å². The van der Waals surface area contributed by atoms with Crippen molar-refractivity contribution in [3.8, 4) is 23.0 Å². The summed E-state index contributed by atoms with van der Waals surface area (Å²) in [5, 5.41) is 12.6. The van der Waals surface area contributed by atoms with Crippen molar-refractivity contribution in [2.75, 3.05) is 0 Å². The average Bonchev–Trinajstić information content (AvgIpc) is 3.35. The van der Waals surface area contributed by atoms with Crippen LogP contribution in [0.2, 0.25) is 0 Å². The molecule has 4 aromatic rings. The molecule has 1 atom stereocenters. The minimum atomic E-state index is -0.0507. The Labute approximate surface area is 162 Å². The van der Waals surface area contributed by atoms with Gasteiger partial charge in [-0.25, -0.2) is 4.68 Å². The van der Waals surface area contributed by atoms with Gasteiger partial charge in [0.15, 0.2) is 5.69 Å². The second-order valence-corrected chi connectivity index (χ2v) is 7.02. The molecule has 0 unspecified atom stereocenters. The van der Waals surface area contributed by atoms with Crippen LogP contribution in [0.1, 0.15) is 28.5 Å². The molecule has 0 N–H and O–H groups in total. The Bertz CT molecular complexity index is 1130. The fraction of sp³-hybridized carbons (Fsp3) is 0.238. The summed E-state index contributed by atoms with van der Waals surface area (Å²) in [4.78, 5) is 4.48. The SMILES string of the molecule is Cc1ccc([C@@H]2Cn3nnc(-c4nc(-c5ccccc5)no4)c3CO2)c(C)c1. The van der Waals surface area contributed by atoms with Gasteiger partial charge in [0.1, 0.15) is 6.10 Å². The smallest absolute Gasteiger partial charge is 0.280 e. The Morgan fingerprint density at radius 3 is 2.75 bits per heavy atom. The van der Waals surface area contributed by atoms with E-state index in [-0.39, 0.29) is 6.10 Å². The molecule has 7 nitrogen and oxygen atoms in total. The highest BCUT2D eigenvalue weighted by Gasteiger charge is 2.28. The van der Waals surface area contributed by atoms with Crippen LogP contribution in [0.4, 0.5) is 0 Å². The van der Waals surface area contributed by atoms with E-state index in [2.05, 4.69) is 52.5 Å². The zero-order valence-corrected chi connectivity index (χ0v) is 15.7. The molecule has 1 aliphatic heterocycles. The third kappa shape index (κ3) is 2.90. The van der Waals surface area contributed by atoms with Crippen molar-refractivity contribution in [3.63, 3.8) is 0 Å². The van der Waals surface area contributed by atoms with E-state index in [0.717, 1.165) is 11.3 Å². The molecular formula is C21H19N5O2. The van der Waals surface area contributed by atoms with E-state index in [9.17, 15) is 0 Å². The maximum Gasteiger partial charge on any atom is 0.280 e. The van der Waals surface area contributed by atoms with Gasteiger partial charge in [0.2, 0.25) is 5.82 Å². The second-order valence-electron chi connectivity index (χ2n) is 7.02. The molecule has 3 heterocycles. The fourth-order valence-corrected chi connectivity index (χ4v) is 3.58. The minimum absolute atomic E-state index is 0.0507. The summed E-state index contributed by atoms with van der Waals surface area (Å²) in [7, 11) is 0. The monoisotopic (exact) mass is 373 g/mol. The third-order valence-corrected chi connectivity index (χ3v) is 5.03. The van der Waals surface area contributed by atoms with Crippen LogP contribution in [0.25, 0.3) is 23.0 Å². The number of ether oxygens (including phenoxy) is 1. The number of hydrogen-bond acceptors (Lipinski definition) is 6. The first kappa shape index (κ1) is 16.8. The van der Waals surface area contributed by atoms with Gasteiger partial charge >= 0.3 is 0 Å². The molecule has 7 heteroatoms. The van der Waals surface area contributed by atoms with Gasteiger partial charge in [0.05, 0.1) is 18.8 Å². The van der Waals surface area contributed by atoms with Crippen molar-refractivity contribution in [1.82, 2.24) is 25.1 Å². The molecule has 0 aliphatic carbocycles. The molecule has 5 rings (SSSR count). The van der Waals surface area contributed by atoms with E-state index >= 15 is 0 Å². The van der Waals surface area contributed by atoms with Crippen molar-refractivity contribution in [2.45, 2.75) is 33.1 Å². The zero-order valence-electron chi connectivity index (χ0n) is 15.7. The van der Waals surface area contributed by atoms with Crippen LogP contribution >= 0.6 is 0 Å². The lowest BCUT2D eigenvalue weighted by Crippen LogP contribution is -2.22. The van der Waals surface area contributed by atoms with E-state index in [1.807, 2.05) is 35.0 Å². The largest absolute Gasteiger partial charge is 0.365 e. The van der Waals surface area contributed by atoms with E-state index in [0.29, 0.717) is 30.6 Å². The Hall–Kier alpha value is -3.32. The quantitative estimate of drug-likeness (QED) is 0.542. The van der Waals surface area contributed by atoms with Gasteiger partial charge in [-0.1, -0.05) is 64.5 Å². The van der Waals surface area contributed by atoms with Crippen LogP contribution in [0.3, 0.4) is 0 Å². The van der Waals surface area contributed by atoms with Gasteiger partial charge in [-0.3, -0.25) is 0 Å². The Balaban J connectivity index is 1.43. The van der Waals surface area contributed by atoms with E-state index in [4.69, 9.17) is 9.26 Å². The number of nitrogens with zero attached hydrogens (tertiary/aromatic N) is 5. The molecular weight excluding hydrogens is 354 g/mol. The summed E-state index contributed by atoms with van der Waals surface area (Å²) in [5.41, 5.74) is 5.96. The van der Waals surface area contributed by atoms with Gasteiger partial charge in [-0.15, -0.1) is 5.10 Å². The summed E-state index contributed by atoms with van der Waals surface area (Å²) in [5.74, 6) is 0.885. The normalized spacial score (nSPS) is 16.1. The van der Waals surface area contributed by atoms with Gasteiger partial charge < -0.3 is 9.26 Å². The van der Waals surface area contributed by atoms with Crippen LogP contribution in [-0.2, 0) is 17.9 Å². The second kappa shape index (κ2) is 6.69. The first-order chi connectivity index (χ1) is 13.7. The lowest BCUT2D eigenvalue weighted by atomic mass is 10.0. The predicted octanol–water partition coefficient (Wildman–Crippen LogP) is 3.88. The summed E-state index contributed by atoms with van der Waals surface area (Å²) < 4.78 is 13.4. The molecule has 0 amide bonds. The van der Waals surface area contributed by atoms with Crippen LogP contribution in [-0.4, -0.2) is 25.1 Å². The first-order valence-electron chi connectivity index (χ1n) is 9.19. The molecule has 0 spiro atoms. The van der Waals surface area contributed by atoms with E-state index in [1.54, 1.807) is 0 Å². The summed E-state index contributed by atoms with van der Waals surface area (Å²) in [6.07, 6.45) is -0.0507. The predicted molar refractivity (Wildman–Crippen MR) is 102 cm³/mol. The maximum absolute atomic E-state index is 6.13. The Kier molecular flexibility index (Phi) is 4.02. The van der Waals surface area contributed by atoms with Gasteiger partial charge in [-0.2, -0.15) is 4.98 Å². The summed E-state index contributed by atoms with van der Waals surface area (Å²) in [6.45, 7) is 5.20. The number of hydrogen-bond donors (Lipinski definition) is 0. The molecule has 140 valence electrons. The van der Waals surface area contributed by atoms with E-state index in [1.165, 1.54) is 16.7 Å². The van der Waals surface area contributed by atoms with Crippen molar-refractivity contribution in [3.05, 3.63) is 70.9 Å². The number of rotatable bonds is 3. The van der Waals surface area contributed by atoms with Crippen LogP contribution in [0.15, 0.2) is 53.1 Å². The van der Waals surface area contributed by atoms with Gasteiger partial charge in [0.25, 0.3) is 5.89 Å². The van der Waals surface area contributed by atoms with Crippen molar-refractivity contribution in [1.29, 1.82) is 0 Å². The number of fused-ring (bicyclic) bond motifs is 1. The zero-order chi connectivity index (χ0) is 19.1. The van der Waals surface area contributed by atoms with Crippen LogP contribution < -0.4 is 0 Å². The first-order valence-corrected chi connectivity index (χ1v) is 9.19. The third-order valence-electron chi connectivity index (χ3n) is 5.03. The lowest BCUT2D eigenvalue weighted by Gasteiger charge is -2.25. The molecule has 0 saturated heterocycles. The summed E-state index contributed by atoms with van der Waals surface area (Å²) in [6, 6.07) is 16.1. The molecule has 0 fully saturated rings. The Morgan fingerprint density at radius 1 is 1.07 bits per heavy atom. The Morgan fingerprint density at radius 2 is 1.93 bits per heavy atom. The summed E-state index contributed by atoms with van der Waals surface area (Å²) >= 11 is 0. The maximum atomic E-state index is 6.13. The molecule has 28 heavy (non-hydrogen) atoms. The van der Waals surface area contributed by atoms with Crippen molar-refractivity contribution >= 4 is 0 Å². The number of aromatic nitrogens is 5.